The number of nitrogens with zero attached hydrogens (tertiary/aromatic N) is 2. The predicted molar refractivity (Wildman–Crippen MR) is 126 cm³/mol. The Morgan fingerprint density at radius 2 is 2.00 bits per heavy atom. The fourth-order valence-electron chi connectivity index (χ4n) is 3.00. The van der Waals surface area contributed by atoms with E-state index < -0.39 is 16.1 Å². The van der Waals surface area contributed by atoms with Gasteiger partial charge in [-0.25, -0.2) is 0 Å². The maximum absolute atomic E-state index is 12.9. The zero-order valence-corrected chi connectivity index (χ0v) is 19.5. The molecule has 0 aromatic heterocycles. The molecule has 0 atom stereocenters. The number of hydrogen-bond acceptors (Lipinski definition) is 7. The van der Waals surface area contributed by atoms with Gasteiger partial charge in [0.15, 0.2) is 11.5 Å². The number of nitro benzene ring substituents is 1. The summed E-state index contributed by atoms with van der Waals surface area (Å²) in [6, 6.07) is 9.48. The number of amides is 2. The number of para-hydroxylation sites is 1. The number of benzene rings is 2. The van der Waals surface area contributed by atoms with E-state index in [0.29, 0.717) is 34.7 Å². The molecule has 0 spiro atoms. The van der Waals surface area contributed by atoms with Gasteiger partial charge in [-0.15, -0.1) is 0 Å². The molecule has 0 aliphatic carbocycles. The quantitative estimate of drug-likeness (QED) is 0.185. The van der Waals surface area contributed by atoms with E-state index in [1.165, 1.54) is 18.2 Å². The second-order valence-electron chi connectivity index (χ2n) is 6.52. The average Bonchev–Trinajstić information content (AvgIpc) is 3.01. The minimum Gasteiger partial charge on any atom is -0.490 e. The van der Waals surface area contributed by atoms with Gasteiger partial charge in [0.2, 0.25) is 0 Å². The van der Waals surface area contributed by atoms with Gasteiger partial charge in [0.25, 0.3) is 16.8 Å². The fraction of sp³-hybridized carbons (Fsp3) is 0.182. The van der Waals surface area contributed by atoms with Gasteiger partial charge in [0.1, 0.15) is 6.61 Å². The molecule has 1 saturated heterocycles. The highest BCUT2D eigenvalue weighted by molar-refractivity contribution is 9.10. The predicted octanol–water partition coefficient (Wildman–Crippen LogP) is 5.56. The molecule has 166 valence electrons. The third-order valence-electron chi connectivity index (χ3n) is 4.37. The van der Waals surface area contributed by atoms with Gasteiger partial charge >= 0.3 is 0 Å². The maximum Gasteiger partial charge on any atom is 0.293 e. The second kappa shape index (κ2) is 10.5. The molecule has 1 heterocycles. The van der Waals surface area contributed by atoms with Crippen LogP contribution in [0, 0.1) is 10.1 Å². The first-order valence-corrected chi connectivity index (χ1v) is 11.1. The van der Waals surface area contributed by atoms with Crippen LogP contribution in [0.4, 0.5) is 10.5 Å². The SMILES string of the molecule is C=CCOc1c(Br)cc(/C=C2\SC(=O)N(Cc3ccccc3[N+](=O)[O-])C2=O)cc1OCC. The zero-order chi connectivity index (χ0) is 23.3. The lowest BCUT2D eigenvalue weighted by atomic mass is 10.1. The van der Waals surface area contributed by atoms with E-state index in [2.05, 4.69) is 22.5 Å². The van der Waals surface area contributed by atoms with Crippen molar-refractivity contribution in [3.8, 4) is 11.5 Å². The third-order valence-corrected chi connectivity index (χ3v) is 5.86. The Balaban J connectivity index is 1.89. The van der Waals surface area contributed by atoms with Crippen LogP contribution in [0.3, 0.4) is 0 Å². The van der Waals surface area contributed by atoms with Crippen LogP contribution in [0.15, 0.2) is 58.4 Å². The lowest BCUT2D eigenvalue weighted by molar-refractivity contribution is -0.385. The number of imide groups is 1. The zero-order valence-electron chi connectivity index (χ0n) is 17.1. The summed E-state index contributed by atoms with van der Waals surface area (Å²) >= 11 is 4.23. The van der Waals surface area contributed by atoms with Gasteiger partial charge < -0.3 is 9.47 Å². The highest BCUT2D eigenvalue weighted by Gasteiger charge is 2.36. The Hall–Kier alpha value is -3.11. The summed E-state index contributed by atoms with van der Waals surface area (Å²) in [7, 11) is 0. The topological polar surface area (TPSA) is 99.0 Å². The Labute approximate surface area is 197 Å². The molecule has 2 aromatic rings. The Bertz CT molecular complexity index is 1120. The van der Waals surface area contributed by atoms with Gasteiger partial charge in [-0.3, -0.25) is 24.6 Å². The lowest BCUT2D eigenvalue weighted by Gasteiger charge is -2.14. The molecule has 0 N–H and O–H groups in total. The molecule has 1 aliphatic heterocycles. The first-order valence-electron chi connectivity index (χ1n) is 9.53. The maximum atomic E-state index is 12.9. The van der Waals surface area contributed by atoms with E-state index in [1.54, 1.807) is 30.4 Å². The summed E-state index contributed by atoms with van der Waals surface area (Å²) < 4.78 is 11.9. The van der Waals surface area contributed by atoms with Crippen molar-refractivity contribution in [1.82, 2.24) is 4.90 Å². The summed E-state index contributed by atoms with van der Waals surface area (Å²) in [5.41, 5.74) is 0.768. The number of ether oxygens (including phenoxy) is 2. The van der Waals surface area contributed by atoms with Crippen molar-refractivity contribution in [2.24, 2.45) is 0 Å². The van der Waals surface area contributed by atoms with Crippen LogP contribution in [-0.2, 0) is 11.3 Å². The highest BCUT2D eigenvalue weighted by atomic mass is 79.9. The first kappa shape index (κ1) is 23.6. The van der Waals surface area contributed by atoms with Crippen LogP contribution in [0.25, 0.3) is 6.08 Å². The summed E-state index contributed by atoms with van der Waals surface area (Å²) in [5.74, 6) is 0.474. The minimum atomic E-state index is -0.535. The van der Waals surface area contributed by atoms with Crippen LogP contribution in [0.1, 0.15) is 18.1 Å². The van der Waals surface area contributed by atoms with Crippen molar-refractivity contribution in [2.75, 3.05) is 13.2 Å². The highest BCUT2D eigenvalue weighted by Crippen LogP contribution is 2.39. The van der Waals surface area contributed by atoms with Crippen LogP contribution in [-0.4, -0.2) is 34.2 Å². The smallest absolute Gasteiger partial charge is 0.293 e. The number of carbonyl (C=O) groups excluding carboxylic acids is 2. The van der Waals surface area contributed by atoms with Crippen molar-refractivity contribution in [3.63, 3.8) is 0 Å². The van der Waals surface area contributed by atoms with Crippen molar-refractivity contribution < 1.29 is 24.0 Å². The molecule has 0 bridgehead atoms. The molecule has 3 rings (SSSR count). The molecule has 0 radical (unpaired) electrons. The lowest BCUT2D eigenvalue weighted by Crippen LogP contribution is -2.27. The second-order valence-corrected chi connectivity index (χ2v) is 8.36. The third kappa shape index (κ3) is 5.20. The Morgan fingerprint density at radius 3 is 2.69 bits per heavy atom. The van der Waals surface area contributed by atoms with Crippen molar-refractivity contribution in [2.45, 2.75) is 13.5 Å². The molecule has 2 aromatic carbocycles. The molecule has 0 saturated carbocycles. The van der Waals surface area contributed by atoms with Crippen LogP contribution < -0.4 is 9.47 Å². The number of thioether (sulfide) groups is 1. The van der Waals surface area contributed by atoms with Gasteiger partial charge in [-0.05, 0) is 58.4 Å². The molecule has 2 amide bonds. The molecule has 1 aliphatic rings. The molecule has 1 fully saturated rings. The Morgan fingerprint density at radius 1 is 1.25 bits per heavy atom. The summed E-state index contributed by atoms with van der Waals surface area (Å²) in [6.07, 6.45) is 3.19. The van der Waals surface area contributed by atoms with E-state index in [0.717, 1.165) is 16.7 Å². The molecule has 32 heavy (non-hydrogen) atoms. The van der Waals surface area contributed by atoms with Crippen molar-refractivity contribution in [1.29, 1.82) is 0 Å². The Kier molecular flexibility index (Phi) is 7.70. The largest absolute Gasteiger partial charge is 0.490 e. The minimum absolute atomic E-state index is 0.143. The van der Waals surface area contributed by atoms with E-state index in [4.69, 9.17) is 9.47 Å². The van der Waals surface area contributed by atoms with E-state index in [1.807, 2.05) is 6.92 Å². The molecular formula is C22H19BrN2O6S. The van der Waals surface area contributed by atoms with Crippen LogP contribution in [0.5, 0.6) is 11.5 Å². The summed E-state index contributed by atoms with van der Waals surface area (Å²) in [6.45, 7) is 5.99. The fourth-order valence-corrected chi connectivity index (χ4v) is 4.41. The summed E-state index contributed by atoms with van der Waals surface area (Å²) in [5, 5.41) is 10.8. The monoisotopic (exact) mass is 518 g/mol. The van der Waals surface area contributed by atoms with Crippen molar-refractivity contribution >= 4 is 50.6 Å². The first-order chi connectivity index (χ1) is 15.3. The van der Waals surface area contributed by atoms with Crippen LogP contribution in [0.2, 0.25) is 0 Å². The number of halogens is 1. The van der Waals surface area contributed by atoms with E-state index >= 15 is 0 Å². The van der Waals surface area contributed by atoms with Gasteiger partial charge in [0, 0.05) is 11.6 Å². The van der Waals surface area contributed by atoms with Gasteiger partial charge in [0.05, 0.1) is 27.5 Å². The molecule has 0 unspecified atom stereocenters. The normalized spacial score (nSPS) is 14.7. The number of rotatable bonds is 9. The standard InChI is InChI=1S/C22H19BrN2O6S/c1-3-9-31-20-16(23)10-14(11-18(20)30-4-2)12-19-21(26)24(22(27)32-19)13-15-7-5-6-8-17(15)25(28)29/h3,5-8,10-12H,1,4,9,13H2,2H3/b19-12-. The average molecular weight is 519 g/mol. The van der Waals surface area contributed by atoms with Crippen LogP contribution >= 0.6 is 27.7 Å². The molecular weight excluding hydrogens is 500 g/mol. The number of carbonyl (C=O) groups is 2. The molecule has 8 nitrogen and oxygen atoms in total. The number of hydrogen-bond donors (Lipinski definition) is 0. The summed E-state index contributed by atoms with van der Waals surface area (Å²) in [4.78, 5) is 37.3. The number of nitro groups is 1. The van der Waals surface area contributed by atoms with E-state index in [9.17, 15) is 19.7 Å². The van der Waals surface area contributed by atoms with Gasteiger partial charge in [-0.1, -0.05) is 30.9 Å². The van der Waals surface area contributed by atoms with Crippen molar-refractivity contribution in [3.05, 3.63) is 79.7 Å². The van der Waals surface area contributed by atoms with E-state index in [-0.39, 0.29) is 22.7 Å². The van der Waals surface area contributed by atoms with Gasteiger partial charge in [-0.2, -0.15) is 0 Å². The molecule has 10 heteroatoms.